The van der Waals surface area contributed by atoms with E-state index in [0.717, 1.165) is 24.0 Å². The topological polar surface area (TPSA) is 66.5 Å². The lowest BCUT2D eigenvalue weighted by Gasteiger charge is -2.10. The minimum atomic E-state index is -1.40. The molecule has 4 N–H and O–H groups in total. The van der Waals surface area contributed by atoms with Crippen molar-refractivity contribution >= 4 is 12.6 Å². The van der Waals surface area contributed by atoms with E-state index in [1.165, 1.54) is 0 Å². The molecule has 1 aliphatic carbocycles. The molecular formula is C9H12BNO2. The first kappa shape index (κ1) is 8.75. The third-order valence-electron chi connectivity index (χ3n) is 2.60. The summed E-state index contributed by atoms with van der Waals surface area (Å²) in [5.74, 6) is 0. The van der Waals surface area contributed by atoms with Gasteiger partial charge in [-0.1, -0.05) is 18.2 Å². The summed E-state index contributed by atoms with van der Waals surface area (Å²) in [6.07, 6.45) is 1.84. The molecule has 13 heavy (non-hydrogen) atoms. The van der Waals surface area contributed by atoms with Gasteiger partial charge in [0.05, 0.1) is 0 Å². The van der Waals surface area contributed by atoms with Gasteiger partial charge in [-0.15, -0.1) is 0 Å². The lowest BCUT2D eigenvalue weighted by Crippen LogP contribution is -2.34. The first-order chi connectivity index (χ1) is 6.20. The first-order valence-corrected chi connectivity index (χ1v) is 4.43. The van der Waals surface area contributed by atoms with E-state index in [1.807, 2.05) is 12.1 Å². The first-order valence-electron chi connectivity index (χ1n) is 4.43. The molecular weight excluding hydrogens is 165 g/mol. The largest absolute Gasteiger partial charge is 0.488 e. The summed E-state index contributed by atoms with van der Waals surface area (Å²) >= 11 is 0. The van der Waals surface area contributed by atoms with Crippen LogP contribution in [-0.2, 0) is 6.42 Å². The number of fused-ring (bicyclic) bond motifs is 1. The van der Waals surface area contributed by atoms with Gasteiger partial charge in [-0.05, 0) is 29.4 Å². The molecule has 4 heteroatoms. The summed E-state index contributed by atoms with van der Waals surface area (Å²) in [5.41, 5.74) is 8.50. The third kappa shape index (κ3) is 1.37. The Hall–Kier alpha value is -0.835. The average Bonchev–Trinajstić information content (AvgIpc) is 2.48. The van der Waals surface area contributed by atoms with Crippen LogP contribution in [0.15, 0.2) is 18.2 Å². The van der Waals surface area contributed by atoms with Crippen molar-refractivity contribution in [2.75, 3.05) is 0 Å². The van der Waals surface area contributed by atoms with Crippen molar-refractivity contribution in [3.63, 3.8) is 0 Å². The van der Waals surface area contributed by atoms with Crippen molar-refractivity contribution < 1.29 is 10.0 Å². The number of rotatable bonds is 1. The molecule has 2 rings (SSSR count). The Bertz CT molecular complexity index is 327. The standard InChI is InChI=1S/C9H12BNO2/c11-8-5-4-6-2-1-3-7(9(6)8)10(12)13/h1-3,8,12-13H,4-5,11H2. The van der Waals surface area contributed by atoms with Crippen LogP contribution in [0.2, 0.25) is 0 Å². The Kier molecular flexibility index (Phi) is 2.11. The molecule has 68 valence electrons. The predicted octanol–water partition coefficient (Wildman–Crippen LogP) is -0.688. The van der Waals surface area contributed by atoms with Crippen molar-refractivity contribution in [2.24, 2.45) is 5.73 Å². The summed E-state index contributed by atoms with van der Waals surface area (Å²) < 4.78 is 0. The van der Waals surface area contributed by atoms with Crippen molar-refractivity contribution in [1.82, 2.24) is 0 Å². The highest BCUT2D eigenvalue weighted by molar-refractivity contribution is 6.59. The SMILES string of the molecule is NC1CCc2cccc(B(O)O)c21. The van der Waals surface area contributed by atoms with Gasteiger partial charge < -0.3 is 15.8 Å². The van der Waals surface area contributed by atoms with Gasteiger partial charge in [0.2, 0.25) is 0 Å². The molecule has 1 aromatic carbocycles. The highest BCUT2D eigenvalue weighted by Gasteiger charge is 2.26. The van der Waals surface area contributed by atoms with E-state index in [2.05, 4.69) is 0 Å². The number of nitrogens with two attached hydrogens (primary N) is 1. The van der Waals surface area contributed by atoms with Gasteiger partial charge in [0.25, 0.3) is 0 Å². The van der Waals surface area contributed by atoms with Crippen LogP contribution in [-0.4, -0.2) is 17.2 Å². The van der Waals surface area contributed by atoms with E-state index in [0.29, 0.717) is 5.46 Å². The van der Waals surface area contributed by atoms with Crippen LogP contribution in [0.4, 0.5) is 0 Å². The van der Waals surface area contributed by atoms with Crippen molar-refractivity contribution in [2.45, 2.75) is 18.9 Å². The van der Waals surface area contributed by atoms with Gasteiger partial charge in [-0.2, -0.15) is 0 Å². The van der Waals surface area contributed by atoms with Crippen LogP contribution in [0.25, 0.3) is 0 Å². The summed E-state index contributed by atoms with van der Waals surface area (Å²) in [4.78, 5) is 0. The van der Waals surface area contributed by atoms with Crippen LogP contribution >= 0.6 is 0 Å². The molecule has 1 atom stereocenters. The normalized spacial score (nSPS) is 20.1. The quantitative estimate of drug-likeness (QED) is 0.497. The fourth-order valence-electron chi connectivity index (χ4n) is 1.98. The number of aryl methyl sites for hydroxylation is 1. The summed E-state index contributed by atoms with van der Waals surface area (Å²) in [7, 11) is -1.40. The molecule has 0 radical (unpaired) electrons. The highest BCUT2D eigenvalue weighted by Crippen LogP contribution is 2.27. The van der Waals surface area contributed by atoms with Crippen LogP contribution < -0.4 is 11.2 Å². The molecule has 1 aliphatic rings. The zero-order valence-electron chi connectivity index (χ0n) is 7.27. The lowest BCUT2D eigenvalue weighted by atomic mass is 9.75. The lowest BCUT2D eigenvalue weighted by molar-refractivity contribution is 0.425. The Morgan fingerprint density at radius 3 is 2.85 bits per heavy atom. The molecule has 0 aromatic heterocycles. The van der Waals surface area contributed by atoms with E-state index in [9.17, 15) is 0 Å². The van der Waals surface area contributed by atoms with Gasteiger partial charge in [-0.25, -0.2) is 0 Å². The maximum absolute atomic E-state index is 9.11. The van der Waals surface area contributed by atoms with Gasteiger partial charge in [0.15, 0.2) is 0 Å². The molecule has 1 aromatic rings. The molecule has 0 spiro atoms. The predicted molar refractivity (Wildman–Crippen MR) is 51.5 cm³/mol. The molecule has 0 amide bonds. The van der Waals surface area contributed by atoms with Crippen molar-refractivity contribution in [1.29, 1.82) is 0 Å². The maximum Gasteiger partial charge on any atom is 0.488 e. The van der Waals surface area contributed by atoms with E-state index in [1.54, 1.807) is 6.07 Å². The van der Waals surface area contributed by atoms with E-state index >= 15 is 0 Å². The minimum absolute atomic E-state index is 0.0343. The fourth-order valence-corrected chi connectivity index (χ4v) is 1.98. The second-order valence-electron chi connectivity index (χ2n) is 3.44. The molecule has 0 aliphatic heterocycles. The third-order valence-corrected chi connectivity index (χ3v) is 2.60. The number of benzene rings is 1. The molecule has 0 saturated heterocycles. The molecule has 0 bridgehead atoms. The molecule has 3 nitrogen and oxygen atoms in total. The van der Waals surface area contributed by atoms with Crippen molar-refractivity contribution in [3.8, 4) is 0 Å². The minimum Gasteiger partial charge on any atom is -0.423 e. The van der Waals surface area contributed by atoms with Crippen molar-refractivity contribution in [3.05, 3.63) is 29.3 Å². The highest BCUT2D eigenvalue weighted by atomic mass is 16.4. The summed E-state index contributed by atoms with van der Waals surface area (Å²) in [6, 6.07) is 5.52. The zero-order chi connectivity index (χ0) is 9.42. The second-order valence-corrected chi connectivity index (χ2v) is 3.44. The second kappa shape index (κ2) is 3.14. The Morgan fingerprint density at radius 1 is 1.38 bits per heavy atom. The monoisotopic (exact) mass is 177 g/mol. The molecule has 0 heterocycles. The van der Waals surface area contributed by atoms with Crippen LogP contribution in [0.1, 0.15) is 23.6 Å². The Morgan fingerprint density at radius 2 is 2.15 bits per heavy atom. The van der Waals surface area contributed by atoms with E-state index < -0.39 is 7.12 Å². The van der Waals surface area contributed by atoms with E-state index in [-0.39, 0.29) is 6.04 Å². The molecule has 0 saturated carbocycles. The van der Waals surface area contributed by atoms with Gasteiger partial charge in [0, 0.05) is 6.04 Å². The van der Waals surface area contributed by atoms with Gasteiger partial charge in [-0.3, -0.25) is 0 Å². The fraction of sp³-hybridized carbons (Fsp3) is 0.333. The van der Waals surface area contributed by atoms with Crippen LogP contribution in [0, 0.1) is 0 Å². The van der Waals surface area contributed by atoms with E-state index in [4.69, 9.17) is 15.8 Å². The smallest absolute Gasteiger partial charge is 0.423 e. The molecule has 0 fully saturated rings. The number of hydrogen-bond donors (Lipinski definition) is 3. The van der Waals surface area contributed by atoms with Gasteiger partial charge in [0.1, 0.15) is 0 Å². The van der Waals surface area contributed by atoms with Crippen LogP contribution in [0.5, 0.6) is 0 Å². The van der Waals surface area contributed by atoms with Gasteiger partial charge >= 0.3 is 7.12 Å². The summed E-state index contributed by atoms with van der Waals surface area (Å²) in [6.45, 7) is 0. The van der Waals surface area contributed by atoms with Crippen LogP contribution in [0.3, 0.4) is 0 Å². The number of hydrogen-bond acceptors (Lipinski definition) is 3. The Labute approximate surface area is 77.3 Å². The maximum atomic E-state index is 9.11. The zero-order valence-corrected chi connectivity index (χ0v) is 7.27. The average molecular weight is 177 g/mol. The molecule has 1 unspecified atom stereocenters. The Balaban J connectivity index is 2.53. The summed E-state index contributed by atoms with van der Waals surface area (Å²) in [5, 5.41) is 18.2.